The van der Waals surface area contributed by atoms with E-state index >= 15 is 0 Å². The summed E-state index contributed by atoms with van der Waals surface area (Å²) in [4.78, 5) is 28.6. The second-order valence-corrected chi connectivity index (χ2v) is 6.70. The zero-order valence-corrected chi connectivity index (χ0v) is 16.4. The molecule has 0 unspecified atom stereocenters. The first kappa shape index (κ1) is 19.8. The fourth-order valence-corrected chi connectivity index (χ4v) is 2.62. The highest BCUT2D eigenvalue weighted by molar-refractivity contribution is 7.98. The molecule has 2 heterocycles. The van der Waals surface area contributed by atoms with Gasteiger partial charge in [0.05, 0.1) is 5.56 Å². The molecule has 0 saturated heterocycles. The Labute approximate surface area is 170 Å². The van der Waals surface area contributed by atoms with Gasteiger partial charge < -0.3 is 15.2 Å². The summed E-state index contributed by atoms with van der Waals surface area (Å²) in [7, 11) is 0. The van der Waals surface area contributed by atoms with Crippen LogP contribution >= 0.6 is 23.4 Å². The Balaban J connectivity index is 1.70. The number of amides is 1. The summed E-state index contributed by atoms with van der Waals surface area (Å²) >= 11 is 7.47. The van der Waals surface area contributed by atoms with Crippen LogP contribution in [0.5, 0.6) is 11.9 Å². The van der Waals surface area contributed by atoms with Crippen molar-refractivity contribution in [3.05, 3.63) is 53.7 Å². The maximum Gasteiger partial charge on any atom is 0.316 e. The SMILES string of the molecule is CSc1cnc(OCCOc2nc(C(N)=O)ncc2-c2ccc(Cl)cc2)nc1. The van der Waals surface area contributed by atoms with Crippen LogP contribution in [0.15, 0.2) is 47.8 Å². The van der Waals surface area contributed by atoms with Crippen molar-refractivity contribution in [1.82, 2.24) is 19.9 Å². The zero-order chi connectivity index (χ0) is 19.9. The second-order valence-electron chi connectivity index (χ2n) is 5.39. The fourth-order valence-electron chi connectivity index (χ4n) is 2.18. The van der Waals surface area contributed by atoms with E-state index in [0.29, 0.717) is 10.6 Å². The normalized spacial score (nSPS) is 10.5. The van der Waals surface area contributed by atoms with E-state index in [1.807, 2.05) is 6.26 Å². The quantitative estimate of drug-likeness (QED) is 0.439. The second kappa shape index (κ2) is 9.34. The number of nitrogens with two attached hydrogens (primary N) is 1. The van der Waals surface area contributed by atoms with Crippen LogP contribution in [0.25, 0.3) is 11.1 Å². The highest BCUT2D eigenvalue weighted by Gasteiger charge is 2.14. The van der Waals surface area contributed by atoms with Gasteiger partial charge >= 0.3 is 6.01 Å². The molecule has 0 spiro atoms. The summed E-state index contributed by atoms with van der Waals surface area (Å²) < 4.78 is 11.2. The van der Waals surface area contributed by atoms with Gasteiger partial charge in [0.2, 0.25) is 11.7 Å². The number of ether oxygens (including phenoxy) is 2. The first-order chi connectivity index (χ1) is 13.6. The molecule has 2 aromatic heterocycles. The molecule has 3 aromatic rings. The molecular formula is C18H16ClN5O3S. The molecule has 0 aliphatic carbocycles. The minimum atomic E-state index is -0.744. The number of carbonyl (C=O) groups excluding carboxylic acids is 1. The molecule has 8 nitrogen and oxygen atoms in total. The lowest BCUT2D eigenvalue weighted by molar-refractivity contribution is 0.0989. The molecule has 0 bridgehead atoms. The molecule has 0 saturated carbocycles. The molecule has 2 N–H and O–H groups in total. The van der Waals surface area contributed by atoms with E-state index in [1.54, 1.807) is 48.4 Å². The number of hydrogen-bond donors (Lipinski definition) is 1. The molecule has 0 radical (unpaired) electrons. The summed E-state index contributed by atoms with van der Waals surface area (Å²) in [6.07, 6.45) is 6.77. The Morgan fingerprint density at radius 1 is 1.07 bits per heavy atom. The smallest absolute Gasteiger partial charge is 0.316 e. The summed E-state index contributed by atoms with van der Waals surface area (Å²) in [5.74, 6) is -0.663. The highest BCUT2D eigenvalue weighted by Crippen LogP contribution is 2.28. The van der Waals surface area contributed by atoms with Crippen LogP contribution in [-0.4, -0.2) is 45.3 Å². The molecule has 1 aromatic carbocycles. The van der Waals surface area contributed by atoms with Gasteiger partial charge in [-0.15, -0.1) is 11.8 Å². The molecule has 0 aliphatic rings. The van der Waals surface area contributed by atoms with Crippen LogP contribution in [0.3, 0.4) is 0 Å². The Kier molecular flexibility index (Phi) is 6.62. The van der Waals surface area contributed by atoms with Crippen LogP contribution in [-0.2, 0) is 0 Å². The molecule has 10 heteroatoms. The number of thioether (sulfide) groups is 1. The Bertz CT molecular complexity index is 954. The molecular weight excluding hydrogens is 402 g/mol. The van der Waals surface area contributed by atoms with Crippen LogP contribution in [0.4, 0.5) is 0 Å². The van der Waals surface area contributed by atoms with Crippen molar-refractivity contribution in [2.24, 2.45) is 5.73 Å². The minimum absolute atomic E-state index is 0.135. The predicted octanol–water partition coefficient (Wildman–Crippen LogP) is 2.87. The van der Waals surface area contributed by atoms with Crippen LogP contribution < -0.4 is 15.2 Å². The van der Waals surface area contributed by atoms with E-state index in [1.165, 1.54) is 6.20 Å². The van der Waals surface area contributed by atoms with E-state index < -0.39 is 5.91 Å². The molecule has 144 valence electrons. The lowest BCUT2D eigenvalue weighted by Crippen LogP contribution is -2.17. The number of benzene rings is 1. The number of nitrogens with zero attached hydrogens (tertiary/aromatic N) is 4. The topological polar surface area (TPSA) is 113 Å². The zero-order valence-electron chi connectivity index (χ0n) is 14.8. The van der Waals surface area contributed by atoms with Crippen LogP contribution in [0, 0.1) is 0 Å². The molecule has 28 heavy (non-hydrogen) atoms. The van der Waals surface area contributed by atoms with Crippen molar-refractivity contribution in [3.8, 4) is 23.0 Å². The number of carbonyl (C=O) groups is 1. The van der Waals surface area contributed by atoms with E-state index in [-0.39, 0.29) is 30.9 Å². The largest absolute Gasteiger partial charge is 0.474 e. The maximum atomic E-state index is 11.4. The van der Waals surface area contributed by atoms with Gasteiger partial charge in [0.25, 0.3) is 5.91 Å². The van der Waals surface area contributed by atoms with Gasteiger partial charge in [-0.3, -0.25) is 4.79 Å². The van der Waals surface area contributed by atoms with Crippen molar-refractivity contribution in [1.29, 1.82) is 0 Å². The molecule has 0 fully saturated rings. The number of aromatic nitrogens is 4. The van der Waals surface area contributed by atoms with E-state index in [9.17, 15) is 4.79 Å². The summed E-state index contributed by atoms with van der Waals surface area (Å²) in [5, 5.41) is 0.599. The van der Waals surface area contributed by atoms with Gasteiger partial charge in [0.15, 0.2) is 0 Å². The first-order valence-corrected chi connectivity index (χ1v) is 9.71. The van der Waals surface area contributed by atoms with Crippen molar-refractivity contribution >= 4 is 29.3 Å². The van der Waals surface area contributed by atoms with E-state index in [2.05, 4.69) is 19.9 Å². The lowest BCUT2D eigenvalue weighted by atomic mass is 10.1. The van der Waals surface area contributed by atoms with Gasteiger partial charge in [0, 0.05) is 28.5 Å². The summed E-state index contributed by atoms with van der Waals surface area (Å²) in [6.45, 7) is 0.345. The first-order valence-electron chi connectivity index (χ1n) is 8.11. The van der Waals surface area contributed by atoms with Gasteiger partial charge in [-0.2, -0.15) is 4.98 Å². The fraction of sp³-hybridized carbons (Fsp3) is 0.167. The average Bonchev–Trinajstić information content (AvgIpc) is 2.72. The van der Waals surface area contributed by atoms with E-state index in [0.717, 1.165) is 10.5 Å². The third-order valence-corrected chi connectivity index (χ3v) is 4.46. The van der Waals surface area contributed by atoms with Gasteiger partial charge in [-0.1, -0.05) is 23.7 Å². The minimum Gasteiger partial charge on any atom is -0.474 e. The Hall–Kier alpha value is -2.91. The molecule has 1 amide bonds. The van der Waals surface area contributed by atoms with Gasteiger partial charge in [-0.25, -0.2) is 15.0 Å². The molecule has 0 aliphatic heterocycles. The monoisotopic (exact) mass is 417 g/mol. The van der Waals surface area contributed by atoms with Gasteiger partial charge in [-0.05, 0) is 24.0 Å². The van der Waals surface area contributed by atoms with Gasteiger partial charge in [0.1, 0.15) is 13.2 Å². The Morgan fingerprint density at radius 2 is 1.75 bits per heavy atom. The maximum absolute atomic E-state index is 11.4. The number of halogens is 1. The highest BCUT2D eigenvalue weighted by atomic mass is 35.5. The van der Waals surface area contributed by atoms with Crippen LogP contribution in [0.1, 0.15) is 10.6 Å². The number of hydrogen-bond acceptors (Lipinski definition) is 8. The third-order valence-electron chi connectivity index (χ3n) is 3.52. The van der Waals surface area contributed by atoms with Crippen molar-refractivity contribution in [2.75, 3.05) is 19.5 Å². The number of rotatable bonds is 8. The summed E-state index contributed by atoms with van der Waals surface area (Å²) in [5.41, 5.74) is 6.65. The lowest BCUT2D eigenvalue weighted by Gasteiger charge is -2.11. The van der Waals surface area contributed by atoms with Crippen molar-refractivity contribution < 1.29 is 14.3 Å². The third kappa shape index (κ3) is 5.08. The van der Waals surface area contributed by atoms with Crippen LogP contribution in [0.2, 0.25) is 5.02 Å². The van der Waals surface area contributed by atoms with E-state index in [4.69, 9.17) is 26.8 Å². The Morgan fingerprint density at radius 3 is 2.39 bits per heavy atom. The standard InChI is InChI=1S/C18H16ClN5O3S/c1-28-13-8-22-18(23-9-13)27-7-6-26-17-14(10-21-16(24-17)15(20)25)11-2-4-12(19)5-3-11/h2-5,8-10H,6-7H2,1H3,(H2,20,25). The number of primary amides is 1. The summed E-state index contributed by atoms with van der Waals surface area (Å²) in [6, 6.07) is 7.33. The van der Waals surface area contributed by atoms with Crippen molar-refractivity contribution in [3.63, 3.8) is 0 Å². The van der Waals surface area contributed by atoms with Crippen molar-refractivity contribution in [2.45, 2.75) is 4.90 Å². The average molecular weight is 418 g/mol. The molecule has 0 atom stereocenters. The predicted molar refractivity (Wildman–Crippen MR) is 106 cm³/mol. The molecule has 3 rings (SSSR count).